The van der Waals surface area contributed by atoms with Crippen LogP contribution in [0.4, 0.5) is 4.39 Å². The molecule has 0 saturated carbocycles. The quantitative estimate of drug-likeness (QED) is 0.499. The molecule has 0 radical (unpaired) electrons. The molecule has 0 amide bonds. The Morgan fingerprint density at radius 2 is 1.52 bits per heavy atom. The fourth-order valence-corrected chi connectivity index (χ4v) is 3.27. The Bertz CT molecular complexity index is 998. The summed E-state index contributed by atoms with van der Waals surface area (Å²) >= 11 is 6.08. The summed E-state index contributed by atoms with van der Waals surface area (Å²) in [5.41, 5.74) is 10.4. The van der Waals surface area contributed by atoms with Crippen LogP contribution in [-0.2, 0) is 0 Å². The lowest BCUT2D eigenvalue weighted by Crippen LogP contribution is -2.10. The Morgan fingerprint density at radius 1 is 0.931 bits per heavy atom. The number of rotatable bonds is 7. The van der Waals surface area contributed by atoms with E-state index in [9.17, 15) is 4.39 Å². The van der Waals surface area contributed by atoms with Gasteiger partial charge in [0.25, 0.3) is 0 Å². The molecule has 3 aromatic carbocycles. The molecule has 0 aromatic heterocycles. The molecule has 0 heterocycles. The van der Waals surface area contributed by atoms with Gasteiger partial charge in [0.2, 0.25) is 0 Å². The molecule has 3 rings (SSSR count). The van der Waals surface area contributed by atoms with Crippen LogP contribution in [0.15, 0.2) is 66.7 Å². The fourth-order valence-electron chi connectivity index (χ4n) is 3.15. The predicted molar refractivity (Wildman–Crippen MR) is 117 cm³/mol. The minimum atomic E-state index is -0.390. The standard InChI is InChI=1S/C24H23ClFNO2/c1-16(19-7-12-22(26)23(15-19)28-2)24(17-3-8-20(25)9-4-17)18-5-10-21(11-6-18)29-14-13-27/h3-12,15H,13-14,27H2,1-2H3/b24-16+. The summed E-state index contributed by atoms with van der Waals surface area (Å²) in [7, 11) is 1.46. The number of ether oxygens (including phenoxy) is 2. The molecular formula is C24H23ClFNO2. The third-order valence-electron chi connectivity index (χ3n) is 4.62. The number of hydrogen-bond acceptors (Lipinski definition) is 3. The van der Waals surface area contributed by atoms with Crippen LogP contribution in [-0.4, -0.2) is 20.3 Å². The lowest BCUT2D eigenvalue weighted by Gasteiger charge is -2.16. The molecule has 5 heteroatoms. The van der Waals surface area contributed by atoms with E-state index in [4.69, 9.17) is 26.8 Å². The van der Waals surface area contributed by atoms with Crippen LogP contribution in [0, 0.1) is 5.82 Å². The van der Waals surface area contributed by atoms with Crippen molar-refractivity contribution in [1.29, 1.82) is 0 Å². The van der Waals surface area contributed by atoms with Gasteiger partial charge in [-0.25, -0.2) is 4.39 Å². The molecule has 29 heavy (non-hydrogen) atoms. The zero-order valence-corrected chi connectivity index (χ0v) is 17.2. The van der Waals surface area contributed by atoms with Crippen molar-refractivity contribution in [2.45, 2.75) is 6.92 Å². The summed E-state index contributed by atoms with van der Waals surface area (Å²) < 4.78 is 24.6. The van der Waals surface area contributed by atoms with E-state index in [1.54, 1.807) is 12.1 Å². The highest BCUT2D eigenvalue weighted by atomic mass is 35.5. The van der Waals surface area contributed by atoms with Crippen molar-refractivity contribution in [3.63, 3.8) is 0 Å². The lowest BCUT2D eigenvalue weighted by atomic mass is 9.90. The van der Waals surface area contributed by atoms with Crippen LogP contribution >= 0.6 is 11.6 Å². The molecule has 0 atom stereocenters. The fraction of sp³-hybridized carbons (Fsp3) is 0.167. The topological polar surface area (TPSA) is 44.5 Å². The van der Waals surface area contributed by atoms with E-state index in [-0.39, 0.29) is 5.75 Å². The summed E-state index contributed by atoms with van der Waals surface area (Å²) in [6, 6.07) is 20.4. The Hall–Kier alpha value is -2.82. The lowest BCUT2D eigenvalue weighted by molar-refractivity contribution is 0.328. The maximum Gasteiger partial charge on any atom is 0.165 e. The van der Waals surface area contributed by atoms with Crippen molar-refractivity contribution < 1.29 is 13.9 Å². The molecule has 0 aliphatic carbocycles. The minimum absolute atomic E-state index is 0.211. The van der Waals surface area contributed by atoms with Gasteiger partial charge in [-0.15, -0.1) is 0 Å². The van der Waals surface area contributed by atoms with E-state index < -0.39 is 5.82 Å². The van der Waals surface area contributed by atoms with Gasteiger partial charge in [-0.3, -0.25) is 0 Å². The number of halogens is 2. The average molecular weight is 412 g/mol. The van der Waals surface area contributed by atoms with E-state index in [1.807, 2.05) is 55.5 Å². The molecule has 3 nitrogen and oxygen atoms in total. The first-order valence-electron chi connectivity index (χ1n) is 9.27. The summed E-state index contributed by atoms with van der Waals surface area (Å²) in [5, 5.41) is 0.666. The van der Waals surface area contributed by atoms with Gasteiger partial charge < -0.3 is 15.2 Å². The summed E-state index contributed by atoms with van der Waals surface area (Å²) in [4.78, 5) is 0. The Morgan fingerprint density at radius 3 is 2.10 bits per heavy atom. The first-order chi connectivity index (χ1) is 14.0. The molecule has 3 aromatic rings. The summed E-state index contributed by atoms with van der Waals surface area (Å²) in [6.07, 6.45) is 0. The third-order valence-corrected chi connectivity index (χ3v) is 4.87. The highest BCUT2D eigenvalue weighted by molar-refractivity contribution is 6.30. The predicted octanol–water partition coefficient (Wildman–Crippen LogP) is 5.80. The maximum atomic E-state index is 13.9. The summed E-state index contributed by atoms with van der Waals surface area (Å²) in [5.74, 6) is 0.581. The van der Waals surface area contributed by atoms with Crippen LogP contribution in [0.3, 0.4) is 0 Å². The third kappa shape index (κ3) is 4.97. The van der Waals surface area contributed by atoms with Crippen molar-refractivity contribution in [2.75, 3.05) is 20.3 Å². The van der Waals surface area contributed by atoms with E-state index in [2.05, 4.69) is 0 Å². The van der Waals surface area contributed by atoms with Crippen molar-refractivity contribution in [3.05, 3.63) is 94.3 Å². The SMILES string of the molecule is COc1cc(/C(C)=C(\c2ccc(Cl)cc2)c2ccc(OCCN)cc2)ccc1F. The van der Waals surface area contributed by atoms with Crippen molar-refractivity contribution in [2.24, 2.45) is 5.73 Å². The molecule has 0 aliphatic rings. The second-order valence-corrected chi connectivity index (χ2v) is 6.95. The second-order valence-electron chi connectivity index (χ2n) is 6.52. The molecule has 150 valence electrons. The van der Waals surface area contributed by atoms with E-state index in [0.717, 1.165) is 33.6 Å². The van der Waals surface area contributed by atoms with Crippen molar-refractivity contribution >= 4 is 22.7 Å². The monoisotopic (exact) mass is 411 g/mol. The number of allylic oxidation sites excluding steroid dienone is 1. The molecule has 0 unspecified atom stereocenters. The normalized spacial score (nSPS) is 11.8. The largest absolute Gasteiger partial charge is 0.494 e. The molecule has 0 spiro atoms. The van der Waals surface area contributed by atoms with Gasteiger partial charge in [-0.1, -0.05) is 41.9 Å². The van der Waals surface area contributed by atoms with Crippen LogP contribution in [0.1, 0.15) is 23.6 Å². The average Bonchev–Trinajstić information content (AvgIpc) is 2.75. The van der Waals surface area contributed by atoms with E-state index >= 15 is 0 Å². The maximum absolute atomic E-state index is 13.9. The van der Waals surface area contributed by atoms with Gasteiger partial charge in [0, 0.05) is 11.6 Å². The molecule has 0 saturated heterocycles. The zero-order valence-electron chi connectivity index (χ0n) is 16.4. The number of benzene rings is 3. The molecule has 0 aliphatic heterocycles. The second kappa shape index (κ2) is 9.59. The van der Waals surface area contributed by atoms with Gasteiger partial charge in [0.05, 0.1) is 7.11 Å². The minimum Gasteiger partial charge on any atom is -0.494 e. The van der Waals surface area contributed by atoms with Gasteiger partial charge in [0.1, 0.15) is 12.4 Å². The molecule has 0 bridgehead atoms. The van der Waals surface area contributed by atoms with Crippen LogP contribution < -0.4 is 15.2 Å². The smallest absolute Gasteiger partial charge is 0.165 e. The molecular weight excluding hydrogens is 389 g/mol. The Labute approximate surface area is 175 Å². The van der Waals surface area contributed by atoms with Crippen molar-refractivity contribution in [1.82, 2.24) is 0 Å². The van der Waals surface area contributed by atoms with E-state index in [0.29, 0.717) is 18.2 Å². The van der Waals surface area contributed by atoms with Crippen LogP contribution in [0.5, 0.6) is 11.5 Å². The number of nitrogens with two attached hydrogens (primary N) is 1. The van der Waals surface area contributed by atoms with Crippen LogP contribution in [0.2, 0.25) is 5.02 Å². The zero-order chi connectivity index (χ0) is 20.8. The highest BCUT2D eigenvalue weighted by Crippen LogP contribution is 2.35. The van der Waals surface area contributed by atoms with Gasteiger partial charge in [-0.2, -0.15) is 0 Å². The first kappa shape index (κ1) is 20.9. The Kier molecular flexibility index (Phi) is 6.91. The Balaban J connectivity index is 2.12. The van der Waals surface area contributed by atoms with E-state index in [1.165, 1.54) is 13.2 Å². The van der Waals surface area contributed by atoms with Crippen LogP contribution in [0.25, 0.3) is 11.1 Å². The highest BCUT2D eigenvalue weighted by Gasteiger charge is 2.13. The number of methoxy groups -OCH3 is 1. The number of hydrogen-bond donors (Lipinski definition) is 1. The van der Waals surface area contributed by atoms with Crippen molar-refractivity contribution in [3.8, 4) is 11.5 Å². The van der Waals surface area contributed by atoms with Gasteiger partial charge in [-0.05, 0) is 71.2 Å². The molecule has 2 N–H and O–H groups in total. The van der Waals surface area contributed by atoms with Gasteiger partial charge in [0.15, 0.2) is 11.6 Å². The first-order valence-corrected chi connectivity index (χ1v) is 9.65. The molecule has 0 fully saturated rings. The summed E-state index contributed by atoms with van der Waals surface area (Å²) in [6.45, 7) is 2.94. The van der Waals surface area contributed by atoms with Gasteiger partial charge >= 0.3 is 0 Å².